The summed E-state index contributed by atoms with van der Waals surface area (Å²) in [5, 5.41) is 0.593. The number of para-hydroxylation sites is 1. The third-order valence-electron chi connectivity index (χ3n) is 2.23. The first-order valence-electron chi connectivity index (χ1n) is 4.98. The van der Waals surface area contributed by atoms with Gasteiger partial charge in [-0.05, 0) is 24.3 Å². The molecule has 0 aliphatic heterocycles. The Bertz CT molecular complexity index is 531. The minimum Gasteiger partial charge on any atom is -0.486 e. The van der Waals surface area contributed by atoms with Gasteiger partial charge in [-0.1, -0.05) is 45.7 Å². The van der Waals surface area contributed by atoms with Crippen molar-refractivity contribution in [2.24, 2.45) is 0 Å². The zero-order valence-electron chi connectivity index (χ0n) is 8.79. The van der Waals surface area contributed by atoms with Crippen LogP contribution in [0.2, 0.25) is 5.02 Å². The summed E-state index contributed by atoms with van der Waals surface area (Å²) in [7, 11) is 0. The first-order valence-corrected chi connectivity index (χ1v) is 6.15. The van der Waals surface area contributed by atoms with Crippen LogP contribution >= 0.6 is 27.5 Å². The highest BCUT2D eigenvalue weighted by Gasteiger charge is 2.05. The van der Waals surface area contributed by atoms with Crippen LogP contribution in [0, 0.1) is 5.82 Å². The van der Waals surface area contributed by atoms with E-state index in [1.807, 2.05) is 12.1 Å². The summed E-state index contributed by atoms with van der Waals surface area (Å²) in [5.41, 5.74) is 0.818. The van der Waals surface area contributed by atoms with Crippen molar-refractivity contribution in [1.82, 2.24) is 0 Å². The molecule has 17 heavy (non-hydrogen) atoms. The normalized spacial score (nSPS) is 10.3. The maximum Gasteiger partial charge on any atom is 0.165 e. The van der Waals surface area contributed by atoms with Gasteiger partial charge in [-0.25, -0.2) is 4.39 Å². The second-order valence-electron chi connectivity index (χ2n) is 3.45. The lowest BCUT2D eigenvalue weighted by molar-refractivity contribution is 0.290. The van der Waals surface area contributed by atoms with E-state index >= 15 is 0 Å². The first-order chi connectivity index (χ1) is 8.16. The number of benzene rings is 2. The number of hydrogen-bond acceptors (Lipinski definition) is 1. The Kier molecular flexibility index (Phi) is 4.02. The fourth-order valence-corrected chi connectivity index (χ4v) is 2.08. The molecule has 0 amide bonds. The number of hydrogen-bond donors (Lipinski definition) is 0. The van der Waals surface area contributed by atoms with Gasteiger partial charge in [0.2, 0.25) is 0 Å². The average Bonchev–Trinajstić information content (AvgIpc) is 2.30. The lowest BCUT2D eigenvalue weighted by Gasteiger charge is -2.08. The van der Waals surface area contributed by atoms with Gasteiger partial charge in [-0.3, -0.25) is 0 Å². The predicted molar refractivity (Wildman–Crippen MR) is 69.9 cm³/mol. The van der Waals surface area contributed by atoms with E-state index in [2.05, 4.69) is 15.9 Å². The monoisotopic (exact) mass is 314 g/mol. The Morgan fingerprint density at radius 2 is 1.94 bits per heavy atom. The topological polar surface area (TPSA) is 9.23 Å². The molecule has 0 aromatic heterocycles. The predicted octanol–water partition coefficient (Wildman–Crippen LogP) is 4.82. The van der Waals surface area contributed by atoms with E-state index in [0.717, 1.165) is 10.0 Å². The van der Waals surface area contributed by atoms with E-state index in [-0.39, 0.29) is 18.2 Å². The van der Waals surface area contributed by atoms with Crippen LogP contribution in [0.5, 0.6) is 5.75 Å². The molecule has 1 nitrogen and oxygen atoms in total. The molecular formula is C13H9BrClFO. The highest BCUT2D eigenvalue weighted by molar-refractivity contribution is 9.10. The molecule has 0 aliphatic rings. The van der Waals surface area contributed by atoms with Crippen LogP contribution in [-0.2, 0) is 6.61 Å². The Balaban J connectivity index is 2.10. The molecule has 0 aliphatic carbocycles. The van der Waals surface area contributed by atoms with Crippen LogP contribution in [0.4, 0.5) is 4.39 Å². The van der Waals surface area contributed by atoms with Crippen LogP contribution in [-0.4, -0.2) is 0 Å². The highest BCUT2D eigenvalue weighted by atomic mass is 79.9. The quantitative estimate of drug-likeness (QED) is 0.789. The average molecular weight is 316 g/mol. The molecule has 0 unspecified atom stereocenters. The molecule has 0 heterocycles. The SMILES string of the molecule is Fc1ccccc1OCc1ccc(Br)cc1Cl. The highest BCUT2D eigenvalue weighted by Crippen LogP contribution is 2.23. The molecule has 2 aromatic rings. The molecular weight excluding hydrogens is 306 g/mol. The molecule has 0 N–H and O–H groups in total. The minimum atomic E-state index is -0.374. The van der Waals surface area contributed by atoms with Crippen molar-refractivity contribution in [3.05, 3.63) is 63.3 Å². The van der Waals surface area contributed by atoms with E-state index in [1.165, 1.54) is 6.07 Å². The molecule has 0 bridgehead atoms. The summed E-state index contributed by atoms with van der Waals surface area (Å²) >= 11 is 9.35. The zero-order valence-corrected chi connectivity index (χ0v) is 11.1. The second-order valence-corrected chi connectivity index (χ2v) is 4.78. The summed E-state index contributed by atoms with van der Waals surface area (Å²) in [6, 6.07) is 11.8. The number of halogens is 3. The van der Waals surface area contributed by atoms with Crippen LogP contribution in [0.15, 0.2) is 46.9 Å². The summed E-state index contributed by atoms with van der Waals surface area (Å²) in [5.74, 6) is -0.146. The largest absolute Gasteiger partial charge is 0.486 e. The first kappa shape index (κ1) is 12.4. The van der Waals surface area contributed by atoms with Gasteiger partial charge in [0, 0.05) is 15.1 Å². The summed E-state index contributed by atoms with van der Waals surface area (Å²) in [4.78, 5) is 0. The summed E-state index contributed by atoms with van der Waals surface area (Å²) in [6.07, 6.45) is 0. The smallest absolute Gasteiger partial charge is 0.165 e. The van der Waals surface area contributed by atoms with Crippen molar-refractivity contribution in [2.75, 3.05) is 0 Å². The molecule has 2 rings (SSSR count). The van der Waals surface area contributed by atoms with Crippen molar-refractivity contribution in [1.29, 1.82) is 0 Å². The molecule has 0 saturated heterocycles. The van der Waals surface area contributed by atoms with E-state index in [1.54, 1.807) is 24.3 Å². The van der Waals surface area contributed by atoms with E-state index in [4.69, 9.17) is 16.3 Å². The minimum absolute atomic E-state index is 0.228. The molecule has 0 spiro atoms. The van der Waals surface area contributed by atoms with E-state index in [0.29, 0.717) is 5.02 Å². The van der Waals surface area contributed by atoms with Gasteiger partial charge < -0.3 is 4.74 Å². The van der Waals surface area contributed by atoms with Gasteiger partial charge in [0.15, 0.2) is 11.6 Å². The molecule has 0 fully saturated rings. The van der Waals surface area contributed by atoms with Gasteiger partial charge in [0.25, 0.3) is 0 Å². The molecule has 88 valence electrons. The van der Waals surface area contributed by atoms with Gasteiger partial charge >= 0.3 is 0 Å². The maximum atomic E-state index is 13.3. The Labute approximate surface area is 112 Å². The Morgan fingerprint density at radius 3 is 2.65 bits per heavy atom. The summed E-state index contributed by atoms with van der Waals surface area (Å²) < 4.78 is 19.6. The van der Waals surface area contributed by atoms with Crippen LogP contribution < -0.4 is 4.74 Å². The van der Waals surface area contributed by atoms with Crippen molar-refractivity contribution in [2.45, 2.75) is 6.61 Å². The Morgan fingerprint density at radius 1 is 1.18 bits per heavy atom. The van der Waals surface area contributed by atoms with Crippen molar-refractivity contribution < 1.29 is 9.13 Å². The number of ether oxygens (including phenoxy) is 1. The van der Waals surface area contributed by atoms with E-state index < -0.39 is 0 Å². The van der Waals surface area contributed by atoms with Crippen molar-refractivity contribution in [3.63, 3.8) is 0 Å². The van der Waals surface area contributed by atoms with E-state index in [9.17, 15) is 4.39 Å². The third-order valence-corrected chi connectivity index (χ3v) is 3.08. The van der Waals surface area contributed by atoms with Gasteiger partial charge in [0.1, 0.15) is 6.61 Å². The standard InChI is InChI=1S/C13H9BrClFO/c14-10-6-5-9(11(15)7-10)8-17-13-4-2-1-3-12(13)16/h1-7H,8H2. The maximum absolute atomic E-state index is 13.3. The second kappa shape index (κ2) is 5.52. The fourth-order valence-electron chi connectivity index (χ4n) is 1.36. The van der Waals surface area contributed by atoms with Crippen molar-refractivity contribution >= 4 is 27.5 Å². The van der Waals surface area contributed by atoms with Crippen LogP contribution in [0.1, 0.15) is 5.56 Å². The third kappa shape index (κ3) is 3.20. The lowest BCUT2D eigenvalue weighted by Crippen LogP contribution is -1.97. The van der Waals surface area contributed by atoms with Gasteiger partial charge in [0.05, 0.1) is 0 Å². The van der Waals surface area contributed by atoms with Gasteiger partial charge in [-0.2, -0.15) is 0 Å². The molecule has 2 aromatic carbocycles. The Hall–Kier alpha value is -1.06. The lowest BCUT2D eigenvalue weighted by atomic mass is 10.2. The van der Waals surface area contributed by atoms with Crippen LogP contribution in [0.25, 0.3) is 0 Å². The van der Waals surface area contributed by atoms with Gasteiger partial charge in [-0.15, -0.1) is 0 Å². The molecule has 0 atom stereocenters. The zero-order chi connectivity index (χ0) is 12.3. The number of rotatable bonds is 3. The summed E-state index contributed by atoms with van der Waals surface area (Å²) in [6.45, 7) is 0.243. The fraction of sp³-hybridized carbons (Fsp3) is 0.0769. The molecule has 0 radical (unpaired) electrons. The van der Waals surface area contributed by atoms with Crippen molar-refractivity contribution in [3.8, 4) is 5.75 Å². The molecule has 0 saturated carbocycles. The van der Waals surface area contributed by atoms with Crippen LogP contribution in [0.3, 0.4) is 0 Å². The molecule has 4 heteroatoms.